The molecule has 17 heavy (non-hydrogen) atoms. The second-order valence-electron chi connectivity index (χ2n) is 3.56. The van der Waals surface area contributed by atoms with Crippen LogP contribution in [0.5, 0.6) is 0 Å². The van der Waals surface area contributed by atoms with Crippen LogP contribution in [0.1, 0.15) is 20.8 Å². The van der Waals surface area contributed by atoms with Crippen LogP contribution in [0.15, 0.2) is 30.5 Å². The van der Waals surface area contributed by atoms with Crippen LogP contribution in [-0.4, -0.2) is 10.9 Å². The van der Waals surface area contributed by atoms with Gasteiger partial charge in [-0.2, -0.15) is 0 Å². The number of nitrogens with one attached hydrogen (secondary N) is 1. The largest absolute Gasteiger partial charge is 0.298 e. The second-order valence-corrected chi connectivity index (χ2v) is 5.36. The minimum atomic E-state index is -0.125. The lowest BCUT2D eigenvalue weighted by atomic mass is 10.1. The lowest BCUT2D eigenvalue weighted by molar-refractivity contribution is 0.102. The Morgan fingerprint density at radius 3 is 2.65 bits per heavy atom. The number of anilines is 1. The third kappa shape index (κ3) is 3.14. The highest BCUT2D eigenvalue weighted by molar-refractivity contribution is 9.08. The number of nitrogens with zero attached hydrogens (tertiary/aromatic N) is 1. The first-order valence-corrected chi connectivity index (χ1v) is 7.01. The molecule has 0 atom stereocenters. The van der Waals surface area contributed by atoms with E-state index in [2.05, 4.69) is 26.2 Å². The summed E-state index contributed by atoms with van der Waals surface area (Å²) in [6.07, 6.45) is 1.74. The third-order valence-corrected chi connectivity index (χ3v) is 3.69. The SMILES string of the molecule is Cc1cnc(NC(=O)c2ccc(CBr)cc2)s1. The van der Waals surface area contributed by atoms with Gasteiger partial charge in [-0.25, -0.2) is 4.98 Å². The first-order chi connectivity index (χ1) is 8.19. The molecule has 1 amide bonds. The Kier molecular flexibility index (Phi) is 3.91. The summed E-state index contributed by atoms with van der Waals surface area (Å²) in [5.41, 5.74) is 1.79. The quantitative estimate of drug-likeness (QED) is 0.880. The van der Waals surface area contributed by atoms with Gasteiger partial charge >= 0.3 is 0 Å². The van der Waals surface area contributed by atoms with E-state index in [1.165, 1.54) is 11.3 Å². The van der Waals surface area contributed by atoms with Gasteiger partial charge < -0.3 is 0 Å². The number of aromatic nitrogens is 1. The predicted molar refractivity (Wildman–Crippen MR) is 73.9 cm³/mol. The minimum absolute atomic E-state index is 0.125. The van der Waals surface area contributed by atoms with E-state index >= 15 is 0 Å². The van der Waals surface area contributed by atoms with Crippen LogP contribution in [0.25, 0.3) is 0 Å². The summed E-state index contributed by atoms with van der Waals surface area (Å²) in [4.78, 5) is 17.0. The molecule has 0 aliphatic rings. The molecule has 0 radical (unpaired) electrons. The molecular formula is C12H11BrN2OS. The standard InChI is InChI=1S/C12H11BrN2OS/c1-8-7-14-12(17-8)15-11(16)10-4-2-9(6-13)3-5-10/h2-5,7H,6H2,1H3,(H,14,15,16). The Morgan fingerprint density at radius 1 is 1.41 bits per heavy atom. The van der Waals surface area contributed by atoms with Gasteiger partial charge in [-0.1, -0.05) is 28.1 Å². The van der Waals surface area contributed by atoms with E-state index < -0.39 is 0 Å². The van der Waals surface area contributed by atoms with Gasteiger partial charge in [-0.05, 0) is 24.6 Å². The van der Waals surface area contributed by atoms with Crippen molar-refractivity contribution in [3.05, 3.63) is 46.5 Å². The highest BCUT2D eigenvalue weighted by Crippen LogP contribution is 2.17. The van der Waals surface area contributed by atoms with Crippen molar-refractivity contribution in [3.8, 4) is 0 Å². The Labute approximate surface area is 112 Å². The van der Waals surface area contributed by atoms with Crippen LogP contribution < -0.4 is 5.32 Å². The molecule has 1 N–H and O–H groups in total. The molecule has 0 bridgehead atoms. The molecule has 2 aromatic rings. The predicted octanol–water partition coefficient (Wildman–Crippen LogP) is 3.60. The number of benzene rings is 1. The molecule has 5 heteroatoms. The van der Waals surface area contributed by atoms with E-state index in [1.807, 2.05) is 31.2 Å². The third-order valence-electron chi connectivity index (χ3n) is 2.21. The molecule has 1 aromatic heterocycles. The molecule has 88 valence electrons. The van der Waals surface area contributed by atoms with Crippen LogP contribution in [-0.2, 0) is 5.33 Å². The summed E-state index contributed by atoms with van der Waals surface area (Å²) in [6, 6.07) is 7.48. The summed E-state index contributed by atoms with van der Waals surface area (Å²) in [5, 5.41) is 4.20. The minimum Gasteiger partial charge on any atom is -0.298 e. The molecule has 0 saturated carbocycles. The van der Waals surface area contributed by atoms with E-state index in [0.29, 0.717) is 10.7 Å². The van der Waals surface area contributed by atoms with Gasteiger partial charge in [0.15, 0.2) is 5.13 Å². The zero-order valence-electron chi connectivity index (χ0n) is 9.24. The zero-order valence-corrected chi connectivity index (χ0v) is 11.6. The smallest absolute Gasteiger partial charge is 0.257 e. The van der Waals surface area contributed by atoms with Crippen molar-refractivity contribution in [1.82, 2.24) is 4.98 Å². The van der Waals surface area contributed by atoms with E-state index in [0.717, 1.165) is 15.8 Å². The molecule has 0 aliphatic heterocycles. The van der Waals surface area contributed by atoms with E-state index in [9.17, 15) is 4.79 Å². The van der Waals surface area contributed by atoms with Gasteiger partial charge in [0.2, 0.25) is 0 Å². The lowest BCUT2D eigenvalue weighted by Gasteiger charge is -2.02. The number of carbonyl (C=O) groups is 1. The van der Waals surface area contributed by atoms with Gasteiger partial charge in [0.1, 0.15) is 0 Å². The summed E-state index contributed by atoms with van der Waals surface area (Å²) < 4.78 is 0. The molecule has 0 fully saturated rings. The normalized spacial score (nSPS) is 10.2. The first kappa shape index (κ1) is 12.3. The van der Waals surface area contributed by atoms with Gasteiger partial charge in [0.25, 0.3) is 5.91 Å². The van der Waals surface area contributed by atoms with Crippen LogP contribution in [0.3, 0.4) is 0 Å². The van der Waals surface area contributed by atoms with Crippen molar-refractivity contribution in [2.45, 2.75) is 12.3 Å². The summed E-state index contributed by atoms with van der Waals surface area (Å²) in [7, 11) is 0. The van der Waals surface area contributed by atoms with Crippen LogP contribution >= 0.6 is 27.3 Å². The monoisotopic (exact) mass is 310 g/mol. The fourth-order valence-electron chi connectivity index (χ4n) is 1.33. The van der Waals surface area contributed by atoms with E-state index in [-0.39, 0.29) is 5.91 Å². The highest BCUT2D eigenvalue weighted by atomic mass is 79.9. The van der Waals surface area contributed by atoms with Crippen molar-refractivity contribution in [3.63, 3.8) is 0 Å². The molecule has 1 heterocycles. The maximum Gasteiger partial charge on any atom is 0.257 e. The molecule has 1 aromatic carbocycles. The molecule has 0 saturated heterocycles. The number of hydrogen-bond acceptors (Lipinski definition) is 3. The van der Waals surface area contributed by atoms with Crippen LogP contribution in [0, 0.1) is 6.92 Å². The van der Waals surface area contributed by atoms with Gasteiger partial charge in [-0.3, -0.25) is 10.1 Å². The molecule has 3 nitrogen and oxygen atoms in total. The molecule has 0 spiro atoms. The van der Waals surface area contributed by atoms with Crippen molar-refractivity contribution >= 4 is 38.3 Å². The number of thiazole rings is 1. The molecule has 0 unspecified atom stereocenters. The Hall–Kier alpha value is -1.20. The van der Waals surface area contributed by atoms with Crippen LogP contribution in [0.4, 0.5) is 5.13 Å². The van der Waals surface area contributed by atoms with E-state index in [1.54, 1.807) is 6.20 Å². The lowest BCUT2D eigenvalue weighted by Crippen LogP contribution is -2.11. The number of alkyl halides is 1. The number of aryl methyl sites for hydroxylation is 1. The van der Waals surface area contributed by atoms with Gasteiger partial charge in [0, 0.05) is 22.0 Å². The Bertz CT molecular complexity index is 522. The maximum absolute atomic E-state index is 11.9. The number of amides is 1. The summed E-state index contributed by atoms with van der Waals surface area (Å²) in [5.74, 6) is -0.125. The van der Waals surface area contributed by atoms with Crippen molar-refractivity contribution in [1.29, 1.82) is 0 Å². The van der Waals surface area contributed by atoms with Crippen molar-refractivity contribution in [2.24, 2.45) is 0 Å². The fourth-order valence-corrected chi connectivity index (χ4v) is 2.36. The number of halogens is 1. The fraction of sp³-hybridized carbons (Fsp3) is 0.167. The summed E-state index contributed by atoms with van der Waals surface area (Å²) in [6.45, 7) is 1.96. The Morgan fingerprint density at radius 2 is 2.12 bits per heavy atom. The van der Waals surface area contributed by atoms with Crippen LogP contribution in [0.2, 0.25) is 0 Å². The van der Waals surface area contributed by atoms with Crippen molar-refractivity contribution < 1.29 is 4.79 Å². The number of rotatable bonds is 3. The Balaban J connectivity index is 2.09. The molecular weight excluding hydrogens is 300 g/mol. The first-order valence-electron chi connectivity index (χ1n) is 5.08. The second kappa shape index (κ2) is 5.42. The van der Waals surface area contributed by atoms with Crippen molar-refractivity contribution in [2.75, 3.05) is 5.32 Å². The van der Waals surface area contributed by atoms with Gasteiger partial charge in [0.05, 0.1) is 0 Å². The molecule has 0 aliphatic carbocycles. The average molecular weight is 311 g/mol. The number of hydrogen-bond donors (Lipinski definition) is 1. The van der Waals surface area contributed by atoms with Gasteiger partial charge in [-0.15, -0.1) is 11.3 Å². The highest BCUT2D eigenvalue weighted by Gasteiger charge is 2.07. The average Bonchev–Trinajstić information content (AvgIpc) is 2.75. The zero-order chi connectivity index (χ0) is 12.3. The summed E-state index contributed by atoms with van der Waals surface area (Å²) >= 11 is 4.83. The maximum atomic E-state index is 11.9. The number of carbonyl (C=O) groups excluding carboxylic acids is 1. The molecule has 2 rings (SSSR count). The van der Waals surface area contributed by atoms with E-state index in [4.69, 9.17) is 0 Å². The topological polar surface area (TPSA) is 42.0 Å².